The first kappa shape index (κ1) is 10.3. The molecule has 0 aromatic heterocycles. The zero-order valence-electron chi connectivity index (χ0n) is 7.69. The fourth-order valence-electron chi connectivity index (χ4n) is 1.32. The zero-order chi connectivity index (χ0) is 9.19. The summed E-state index contributed by atoms with van der Waals surface area (Å²) in [7, 11) is -0.421. The molecule has 1 atom stereocenters. The lowest BCUT2D eigenvalue weighted by molar-refractivity contribution is 0.269. The minimum atomic E-state index is -1.97. The molecule has 1 unspecified atom stereocenters. The van der Waals surface area contributed by atoms with Gasteiger partial charge < -0.3 is 5.73 Å². The molecule has 0 radical (unpaired) electrons. The first-order chi connectivity index (χ1) is 5.56. The van der Waals surface area contributed by atoms with Crippen molar-refractivity contribution >= 4 is 10.8 Å². The Labute approximate surface area is 75.5 Å². The molecule has 1 aliphatic rings. The van der Waals surface area contributed by atoms with Gasteiger partial charge in [0.1, 0.15) is 0 Å². The summed E-state index contributed by atoms with van der Waals surface area (Å²) in [6.45, 7) is 1.69. The van der Waals surface area contributed by atoms with Gasteiger partial charge in [0, 0.05) is 25.4 Å². The number of hydrogen-bond acceptors (Lipinski definition) is 4. The minimum Gasteiger partial charge on any atom is -0.328 e. The molecule has 0 aliphatic carbocycles. The first-order valence-electron chi connectivity index (χ1n) is 4.13. The highest BCUT2D eigenvalue weighted by atomic mass is 32.3. The third-order valence-corrected chi connectivity index (χ3v) is 4.25. The van der Waals surface area contributed by atoms with Crippen LogP contribution in [0.4, 0.5) is 0 Å². The molecule has 1 rings (SSSR count). The van der Waals surface area contributed by atoms with E-state index in [1.165, 1.54) is 0 Å². The van der Waals surface area contributed by atoms with Gasteiger partial charge in [0.25, 0.3) is 0 Å². The van der Waals surface area contributed by atoms with Crippen LogP contribution in [0.25, 0.3) is 0 Å². The summed E-state index contributed by atoms with van der Waals surface area (Å²) in [5, 5.41) is 0. The maximum Gasteiger partial charge on any atom is 0.0620 e. The molecule has 0 saturated carbocycles. The van der Waals surface area contributed by atoms with Crippen molar-refractivity contribution < 1.29 is 8.74 Å². The summed E-state index contributed by atoms with van der Waals surface area (Å²) in [4.78, 5) is 0. The average Bonchev–Trinajstić information content (AvgIpc) is 2.05. The van der Waals surface area contributed by atoms with Crippen LogP contribution < -0.4 is 5.73 Å². The summed E-state index contributed by atoms with van der Waals surface area (Å²) >= 11 is 0. The molecule has 0 amide bonds. The molecule has 0 aromatic carbocycles. The Hall–Kier alpha value is 0.190. The lowest BCUT2D eigenvalue weighted by Gasteiger charge is -2.45. The minimum absolute atomic E-state index is 0.299. The van der Waals surface area contributed by atoms with Crippen molar-refractivity contribution in [2.45, 2.75) is 18.9 Å². The van der Waals surface area contributed by atoms with E-state index in [1.54, 1.807) is 13.4 Å². The van der Waals surface area contributed by atoms with Gasteiger partial charge in [0.05, 0.1) is 7.11 Å². The van der Waals surface area contributed by atoms with E-state index in [9.17, 15) is 4.55 Å². The highest BCUT2D eigenvalue weighted by Crippen LogP contribution is 2.44. The van der Waals surface area contributed by atoms with Crippen molar-refractivity contribution in [3.05, 3.63) is 0 Å². The van der Waals surface area contributed by atoms with E-state index in [4.69, 9.17) is 9.92 Å². The van der Waals surface area contributed by atoms with E-state index < -0.39 is 10.8 Å². The lowest BCUT2D eigenvalue weighted by atomic mass is 10.1. The van der Waals surface area contributed by atoms with Gasteiger partial charge >= 0.3 is 0 Å². The smallest absolute Gasteiger partial charge is 0.0620 e. The van der Waals surface area contributed by atoms with E-state index in [0.717, 1.165) is 25.9 Å². The number of hydrogen-bond donors (Lipinski definition) is 2. The predicted molar refractivity (Wildman–Crippen MR) is 51.9 cm³/mol. The highest BCUT2D eigenvalue weighted by molar-refractivity contribution is 8.22. The number of piperidine rings is 1. The summed E-state index contributed by atoms with van der Waals surface area (Å²) in [5.41, 5.74) is 5.74. The molecule has 1 saturated heterocycles. The Morgan fingerprint density at radius 2 is 2.00 bits per heavy atom. The van der Waals surface area contributed by atoms with Crippen LogP contribution in [-0.2, 0) is 4.18 Å². The maximum absolute atomic E-state index is 9.78. The fourth-order valence-corrected chi connectivity index (χ4v) is 2.42. The zero-order valence-corrected chi connectivity index (χ0v) is 8.51. The Kier molecular flexibility index (Phi) is 3.37. The van der Waals surface area contributed by atoms with Gasteiger partial charge in [-0.25, -0.2) is 4.31 Å². The molecule has 74 valence electrons. The predicted octanol–water partition coefficient (Wildman–Crippen LogP) is 0.793. The van der Waals surface area contributed by atoms with Crippen LogP contribution in [0.1, 0.15) is 12.8 Å². The van der Waals surface area contributed by atoms with E-state index >= 15 is 0 Å². The average molecular weight is 194 g/mol. The highest BCUT2D eigenvalue weighted by Gasteiger charge is 2.24. The molecule has 12 heavy (non-hydrogen) atoms. The van der Waals surface area contributed by atoms with Crippen molar-refractivity contribution in [3.8, 4) is 0 Å². The third-order valence-electron chi connectivity index (χ3n) is 2.29. The second-order valence-corrected chi connectivity index (χ2v) is 5.57. The Morgan fingerprint density at radius 3 is 2.42 bits per heavy atom. The van der Waals surface area contributed by atoms with Crippen LogP contribution in [0, 0.1) is 0 Å². The van der Waals surface area contributed by atoms with Gasteiger partial charge in [-0.2, -0.15) is 0 Å². The summed E-state index contributed by atoms with van der Waals surface area (Å²) in [6, 6.07) is 0.299. The Morgan fingerprint density at radius 1 is 1.50 bits per heavy atom. The van der Waals surface area contributed by atoms with Crippen LogP contribution >= 0.6 is 10.8 Å². The maximum atomic E-state index is 9.78. The summed E-state index contributed by atoms with van der Waals surface area (Å²) in [5.74, 6) is 0. The standard InChI is InChI=1S/C7H18N2O2S/c1-11-12(2,10)9-5-3-7(8)4-6-9/h7,10H,3-6,8H2,1-2H3. The Bertz CT molecular complexity index is 146. The molecule has 4 nitrogen and oxygen atoms in total. The summed E-state index contributed by atoms with van der Waals surface area (Å²) < 4.78 is 16.8. The molecule has 5 heteroatoms. The van der Waals surface area contributed by atoms with Crippen molar-refractivity contribution in [1.82, 2.24) is 4.31 Å². The fraction of sp³-hybridized carbons (Fsp3) is 1.00. The van der Waals surface area contributed by atoms with Crippen LogP contribution in [0.5, 0.6) is 0 Å². The largest absolute Gasteiger partial charge is 0.328 e. The van der Waals surface area contributed by atoms with Gasteiger partial charge in [-0.05, 0) is 12.8 Å². The van der Waals surface area contributed by atoms with Crippen molar-refractivity contribution in [2.75, 3.05) is 26.5 Å². The molecule has 1 heterocycles. The molecule has 3 N–H and O–H groups in total. The van der Waals surface area contributed by atoms with Crippen molar-refractivity contribution in [3.63, 3.8) is 0 Å². The second-order valence-electron chi connectivity index (χ2n) is 3.20. The molecule has 1 aliphatic heterocycles. The van der Waals surface area contributed by atoms with E-state index in [0.29, 0.717) is 6.04 Å². The SMILES string of the molecule is COS(C)(O)N1CCC(N)CC1. The molecular weight excluding hydrogens is 176 g/mol. The van der Waals surface area contributed by atoms with Gasteiger partial charge in [-0.15, -0.1) is 10.8 Å². The second kappa shape index (κ2) is 3.93. The summed E-state index contributed by atoms with van der Waals surface area (Å²) in [6.07, 6.45) is 3.64. The van der Waals surface area contributed by atoms with Gasteiger partial charge in [-0.1, -0.05) is 0 Å². The lowest BCUT2D eigenvalue weighted by Crippen LogP contribution is -2.40. The molecule has 0 aromatic rings. The Balaban J connectivity index is 2.44. The topological polar surface area (TPSA) is 58.7 Å². The molecule has 0 bridgehead atoms. The van der Waals surface area contributed by atoms with Gasteiger partial charge in [-0.3, -0.25) is 8.74 Å². The van der Waals surface area contributed by atoms with Crippen LogP contribution in [-0.4, -0.2) is 41.4 Å². The van der Waals surface area contributed by atoms with Gasteiger partial charge in [0.2, 0.25) is 0 Å². The quantitative estimate of drug-likeness (QED) is 0.682. The van der Waals surface area contributed by atoms with E-state index in [-0.39, 0.29) is 0 Å². The number of rotatable bonds is 2. The van der Waals surface area contributed by atoms with E-state index in [1.807, 2.05) is 4.31 Å². The van der Waals surface area contributed by atoms with Crippen LogP contribution in [0.2, 0.25) is 0 Å². The molecular formula is C7H18N2O2S. The monoisotopic (exact) mass is 194 g/mol. The van der Waals surface area contributed by atoms with E-state index in [2.05, 4.69) is 0 Å². The number of nitrogens with zero attached hydrogens (tertiary/aromatic N) is 1. The molecule has 0 spiro atoms. The normalized spacial score (nSPS) is 29.7. The van der Waals surface area contributed by atoms with Crippen molar-refractivity contribution in [2.24, 2.45) is 5.73 Å². The number of nitrogens with two attached hydrogens (primary N) is 1. The molecule has 1 fully saturated rings. The van der Waals surface area contributed by atoms with Crippen LogP contribution in [0.15, 0.2) is 0 Å². The third kappa shape index (κ3) is 2.34. The first-order valence-corrected chi connectivity index (χ1v) is 6.01. The van der Waals surface area contributed by atoms with Gasteiger partial charge in [0.15, 0.2) is 0 Å². The van der Waals surface area contributed by atoms with Crippen molar-refractivity contribution in [1.29, 1.82) is 0 Å². The van der Waals surface area contributed by atoms with Crippen LogP contribution in [0.3, 0.4) is 0 Å².